The van der Waals surface area contributed by atoms with Crippen LogP contribution in [0.2, 0.25) is 0 Å². The van der Waals surface area contributed by atoms with Crippen LogP contribution in [-0.4, -0.2) is 20.5 Å². The van der Waals surface area contributed by atoms with Crippen LogP contribution in [0.3, 0.4) is 0 Å². The van der Waals surface area contributed by atoms with E-state index in [1.54, 1.807) is 10.6 Å². The second kappa shape index (κ2) is 3.80. The minimum atomic E-state index is -0.929. The molecule has 0 fully saturated rings. The van der Waals surface area contributed by atoms with Crippen molar-refractivity contribution in [1.29, 1.82) is 0 Å². The Morgan fingerprint density at radius 1 is 1.60 bits per heavy atom. The lowest BCUT2D eigenvalue weighted by Gasteiger charge is -1.98. The van der Waals surface area contributed by atoms with Gasteiger partial charge in [0, 0.05) is 9.77 Å². The number of aromatic carboxylic acids is 1. The smallest absolute Gasteiger partial charge is 0.354 e. The summed E-state index contributed by atoms with van der Waals surface area (Å²) in [4.78, 5) is 15.4. The average Bonchev–Trinajstić information content (AvgIpc) is 2.55. The maximum atomic E-state index is 11.1. The zero-order chi connectivity index (χ0) is 11.0. The number of halogens is 1. The summed E-state index contributed by atoms with van der Waals surface area (Å²) >= 11 is 2.15. The van der Waals surface area contributed by atoms with Crippen molar-refractivity contribution in [1.82, 2.24) is 9.38 Å². The topological polar surface area (TPSA) is 54.6 Å². The Balaban J connectivity index is 2.82. The van der Waals surface area contributed by atoms with Crippen LogP contribution in [0.4, 0.5) is 0 Å². The summed E-state index contributed by atoms with van der Waals surface area (Å²) in [6.07, 6.45) is 2.41. The highest BCUT2D eigenvalue weighted by atomic mass is 127. The molecule has 1 N–H and O–H groups in total. The number of carboxylic acids is 1. The highest BCUT2D eigenvalue weighted by molar-refractivity contribution is 14.1. The van der Waals surface area contributed by atoms with Crippen LogP contribution in [0.25, 0.3) is 5.65 Å². The molecule has 2 aromatic heterocycles. The molecule has 78 valence electrons. The number of fused-ring (bicyclic) bond motifs is 1. The van der Waals surface area contributed by atoms with Gasteiger partial charge in [0.25, 0.3) is 0 Å². The standard InChI is InChI=1S/C10H9IN2O2/c1-2-7-9(10(14)15)13-5-6(11)3-4-8(13)12-7/h3-5H,2H2,1H3,(H,14,15). The molecule has 15 heavy (non-hydrogen) atoms. The van der Waals surface area contributed by atoms with E-state index in [0.717, 1.165) is 3.57 Å². The Hall–Kier alpha value is -1.11. The molecule has 0 amide bonds. The molecule has 0 bridgehead atoms. The third kappa shape index (κ3) is 1.71. The van der Waals surface area contributed by atoms with Crippen molar-refractivity contribution in [2.45, 2.75) is 13.3 Å². The lowest BCUT2D eigenvalue weighted by Crippen LogP contribution is -2.05. The van der Waals surface area contributed by atoms with Gasteiger partial charge in [-0.1, -0.05) is 6.92 Å². The largest absolute Gasteiger partial charge is 0.477 e. The summed E-state index contributed by atoms with van der Waals surface area (Å²) in [5.74, 6) is -0.929. The summed E-state index contributed by atoms with van der Waals surface area (Å²) < 4.78 is 2.62. The van der Waals surface area contributed by atoms with Crippen molar-refractivity contribution in [3.05, 3.63) is 33.3 Å². The molecular formula is C10H9IN2O2. The average molecular weight is 316 g/mol. The van der Waals surface area contributed by atoms with Crippen LogP contribution in [0.5, 0.6) is 0 Å². The predicted octanol–water partition coefficient (Wildman–Crippen LogP) is 2.20. The number of nitrogens with zero attached hydrogens (tertiary/aromatic N) is 2. The minimum Gasteiger partial charge on any atom is -0.477 e. The molecular weight excluding hydrogens is 307 g/mol. The van der Waals surface area contributed by atoms with E-state index < -0.39 is 5.97 Å². The van der Waals surface area contributed by atoms with Gasteiger partial charge in [0.2, 0.25) is 0 Å². The van der Waals surface area contributed by atoms with Gasteiger partial charge >= 0.3 is 5.97 Å². The summed E-state index contributed by atoms with van der Waals surface area (Å²) in [7, 11) is 0. The van der Waals surface area contributed by atoms with Crippen molar-refractivity contribution in [2.75, 3.05) is 0 Å². The molecule has 5 heteroatoms. The van der Waals surface area contributed by atoms with E-state index in [1.807, 2.05) is 19.1 Å². The van der Waals surface area contributed by atoms with Gasteiger partial charge in [-0.05, 0) is 41.1 Å². The van der Waals surface area contributed by atoms with Gasteiger partial charge in [-0.15, -0.1) is 0 Å². The fourth-order valence-corrected chi connectivity index (χ4v) is 2.00. The number of rotatable bonds is 2. The molecule has 2 rings (SSSR count). The van der Waals surface area contributed by atoms with Crippen LogP contribution >= 0.6 is 22.6 Å². The molecule has 0 atom stereocenters. The number of hydrogen-bond donors (Lipinski definition) is 1. The Morgan fingerprint density at radius 2 is 2.33 bits per heavy atom. The van der Waals surface area contributed by atoms with Crippen LogP contribution in [0, 0.1) is 3.57 Å². The van der Waals surface area contributed by atoms with Crippen molar-refractivity contribution in [3.63, 3.8) is 0 Å². The summed E-state index contributed by atoms with van der Waals surface area (Å²) in [5.41, 5.74) is 1.58. The van der Waals surface area contributed by atoms with Crippen molar-refractivity contribution in [3.8, 4) is 0 Å². The Kier molecular flexibility index (Phi) is 2.64. The minimum absolute atomic E-state index is 0.269. The molecule has 0 aliphatic carbocycles. The normalized spacial score (nSPS) is 10.8. The molecule has 0 aliphatic rings. The summed E-state index contributed by atoms with van der Waals surface area (Å²) in [6.45, 7) is 1.90. The quantitative estimate of drug-likeness (QED) is 0.864. The molecule has 0 unspecified atom stereocenters. The van der Waals surface area contributed by atoms with E-state index >= 15 is 0 Å². The molecule has 0 aliphatic heterocycles. The molecule has 2 heterocycles. The van der Waals surface area contributed by atoms with E-state index in [2.05, 4.69) is 27.6 Å². The Bertz CT molecular complexity index is 533. The van der Waals surface area contributed by atoms with Crippen LogP contribution in [0.15, 0.2) is 18.3 Å². The molecule has 2 aromatic rings. The van der Waals surface area contributed by atoms with Gasteiger partial charge in [-0.2, -0.15) is 0 Å². The molecule has 0 spiro atoms. The predicted molar refractivity (Wildman–Crippen MR) is 64.2 cm³/mol. The van der Waals surface area contributed by atoms with E-state index in [9.17, 15) is 4.79 Å². The van der Waals surface area contributed by atoms with Gasteiger partial charge in [0.05, 0.1) is 5.69 Å². The SMILES string of the molecule is CCc1nc2ccc(I)cn2c1C(=O)O. The second-order valence-corrected chi connectivity index (χ2v) is 4.39. The summed E-state index contributed by atoms with van der Waals surface area (Å²) in [5, 5.41) is 9.11. The molecule has 4 nitrogen and oxygen atoms in total. The van der Waals surface area contributed by atoms with Crippen molar-refractivity contribution < 1.29 is 9.90 Å². The van der Waals surface area contributed by atoms with E-state index in [1.165, 1.54) is 0 Å². The number of carboxylic acid groups (broad SMARTS) is 1. The first-order chi connectivity index (χ1) is 7.13. The zero-order valence-electron chi connectivity index (χ0n) is 8.07. The van der Waals surface area contributed by atoms with Crippen LogP contribution in [0.1, 0.15) is 23.1 Å². The molecule has 0 aromatic carbocycles. The third-order valence-corrected chi connectivity index (χ3v) is 2.83. The Labute approximate surface area is 100 Å². The summed E-state index contributed by atoms with van der Waals surface area (Å²) in [6, 6.07) is 3.74. The zero-order valence-corrected chi connectivity index (χ0v) is 10.2. The lowest BCUT2D eigenvalue weighted by atomic mass is 10.2. The van der Waals surface area contributed by atoms with Crippen LogP contribution < -0.4 is 0 Å². The number of carbonyl (C=O) groups is 1. The monoisotopic (exact) mass is 316 g/mol. The fourth-order valence-electron chi connectivity index (χ4n) is 1.54. The van der Waals surface area contributed by atoms with Crippen molar-refractivity contribution >= 4 is 34.2 Å². The van der Waals surface area contributed by atoms with Gasteiger partial charge in [0.1, 0.15) is 5.65 Å². The van der Waals surface area contributed by atoms with E-state index in [0.29, 0.717) is 17.8 Å². The van der Waals surface area contributed by atoms with Gasteiger partial charge in [0.15, 0.2) is 5.69 Å². The number of hydrogen-bond acceptors (Lipinski definition) is 2. The van der Waals surface area contributed by atoms with Gasteiger partial charge in [-0.25, -0.2) is 9.78 Å². The first-order valence-corrected chi connectivity index (χ1v) is 5.61. The number of imidazole rings is 1. The van der Waals surface area contributed by atoms with E-state index in [4.69, 9.17) is 5.11 Å². The highest BCUT2D eigenvalue weighted by Crippen LogP contribution is 2.15. The molecule has 0 saturated heterocycles. The van der Waals surface area contributed by atoms with Gasteiger partial charge in [-0.3, -0.25) is 4.40 Å². The molecule has 0 saturated carbocycles. The van der Waals surface area contributed by atoms with Crippen molar-refractivity contribution in [2.24, 2.45) is 0 Å². The van der Waals surface area contributed by atoms with Crippen LogP contribution in [-0.2, 0) is 6.42 Å². The first kappa shape index (κ1) is 10.4. The molecule has 0 radical (unpaired) electrons. The lowest BCUT2D eigenvalue weighted by molar-refractivity contribution is 0.0688. The number of aromatic nitrogens is 2. The Morgan fingerprint density at radius 3 is 2.93 bits per heavy atom. The maximum Gasteiger partial charge on any atom is 0.354 e. The van der Waals surface area contributed by atoms with E-state index in [-0.39, 0.29) is 5.69 Å². The third-order valence-electron chi connectivity index (χ3n) is 2.19. The number of aryl methyl sites for hydroxylation is 1. The number of pyridine rings is 1. The van der Waals surface area contributed by atoms with Gasteiger partial charge < -0.3 is 5.11 Å². The second-order valence-electron chi connectivity index (χ2n) is 3.14. The maximum absolute atomic E-state index is 11.1. The fraction of sp³-hybridized carbons (Fsp3) is 0.200. The first-order valence-electron chi connectivity index (χ1n) is 4.53. The highest BCUT2D eigenvalue weighted by Gasteiger charge is 2.16.